The summed E-state index contributed by atoms with van der Waals surface area (Å²) in [6.45, 7) is 5.70. The second kappa shape index (κ2) is 6.63. The fourth-order valence-corrected chi connectivity index (χ4v) is 1.02. The first-order chi connectivity index (χ1) is 6.06. The maximum Gasteiger partial charge on any atom is 0.220 e. The minimum atomic E-state index is 0.0407. The molecule has 0 radical (unpaired) electrons. The van der Waals surface area contributed by atoms with Crippen molar-refractivity contribution in [3.63, 3.8) is 0 Å². The molecule has 0 fully saturated rings. The Hall–Kier alpha value is -0.860. The maximum atomic E-state index is 11.1. The second-order valence-corrected chi connectivity index (χ2v) is 3.47. The Kier molecular flexibility index (Phi) is 6.20. The van der Waals surface area contributed by atoms with E-state index in [9.17, 15) is 9.59 Å². The first-order valence-corrected chi connectivity index (χ1v) is 4.87. The van der Waals surface area contributed by atoms with Crippen molar-refractivity contribution in [3.05, 3.63) is 0 Å². The molecular weight excluding hydrogens is 166 g/mol. The lowest BCUT2D eigenvalue weighted by Crippen LogP contribution is -2.29. The molecular formula is C10H19NO2. The van der Waals surface area contributed by atoms with Crippen molar-refractivity contribution >= 4 is 11.7 Å². The number of hydrogen-bond donors (Lipinski definition) is 1. The number of amides is 1. The molecule has 0 aromatic heterocycles. The molecule has 0 spiro atoms. The highest BCUT2D eigenvalue weighted by Crippen LogP contribution is 1.99. The number of ketones is 1. The summed E-state index contributed by atoms with van der Waals surface area (Å²) in [5, 5.41) is 2.78. The summed E-state index contributed by atoms with van der Waals surface area (Å²) in [6, 6.07) is 0.189. The molecule has 0 saturated heterocycles. The van der Waals surface area contributed by atoms with E-state index < -0.39 is 0 Å². The summed E-state index contributed by atoms with van der Waals surface area (Å²) in [4.78, 5) is 22.0. The van der Waals surface area contributed by atoms with Crippen molar-refractivity contribution in [3.8, 4) is 0 Å². The van der Waals surface area contributed by atoms with Crippen molar-refractivity contribution in [1.29, 1.82) is 0 Å². The minimum Gasteiger partial charge on any atom is -0.354 e. The average molecular weight is 185 g/mol. The third-order valence-corrected chi connectivity index (χ3v) is 1.70. The summed E-state index contributed by atoms with van der Waals surface area (Å²) in [5.41, 5.74) is 0. The Morgan fingerprint density at radius 1 is 1.23 bits per heavy atom. The van der Waals surface area contributed by atoms with Crippen LogP contribution in [0, 0.1) is 0 Å². The van der Waals surface area contributed by atoms with E-state index >= 15 is 0 Å². The molecule has 76 valence electrons. The number of Topliss-reactive ketones (excluding diaryl/α,β-unsaturated/α-hetero) is 1. The van der Waals surface area contributed by atoms with Crippen LogP contribution in [0.2, 0.25) is 0 Å². The standard InChI is InChI=1S/C10H19NO2/c1-4-9(12)6-5-7-10(13)11-8(2)3/h8H,4-7H2,1-3H3,(H,11,13). The molecule has 0 bridgehead atoms. The Balaban J connectivity index is 3.42. The normalized spacial score (nSPS) is 10.2. The van der Waals surface area contributed by atoms with Gasteiger partial charge in [-0.3, -0.25) is 9.59 Å². The van der Waals surface area contributed by atoms with Crippen LogP contribution in [0.1, 0.15) is 46.5 Å². The number of carbonyl (C=O) groups excluding carboxylic acids is 2. The maximum absolute atomic E-state index is 11.1. The lowest BCUT2D eigenvalue weighted by molar-refractivity contribution is -0.122. The Labute approximate surface area is 79.9 Å². The summed E-state index contributed by atoms with van der Waals surface area (Å²) in [7, 11) is 0. The zero-order chi connectivity index (χ0) is 10.3. The molecule has 13 heavy (non-hydrogen) atoms. The van der Waals surface area contributed by atoms with Crippen LogP contribution in [0.4, 0.5) is 0 Å². The molecule has 0 aliphatic rings. The zero-order valence-electron chi connectivity index (χ0n) is 8.72. The molecule has 3 nitrogen and oxygen atoms in total. The van der Waals surface area contributed by atoms with E-state index in [1.165, 1.54) is 0 Å². The van der Waals surface area contributed by atoms with E-state index in [0.717, 1.165) is 0 Å². The molecule has 0 heterocycles. The lowest BCUT2D eigenvalue weighted by atomic mass is 10.1. The van der Waals surface area contributed by atoms with Crippen LogP contribution in [-0.4, -0.2) is 17.7 Å². The van der Waals surface area contributed by atoms with Crippen LogP contribution in [-0.2, 0) is 9.59 Å². The molecule has 3 heteroatoms. The molecule has 1 N–H and O–H groups in total. The van der Waals surface area contributed by atoms with Crippen molar-refractivity contribution in [2.75, 3.05) is 0 Å². The number of nitrogens with one attached hydrogen (secondary N) is 1. The van der Waals surface area contributed by atoms with Crippen LogP contribution in [0.15, 0.2) is 0 Å². The van der Waals surface area contributed by atoms with Gasteiger partial charge in [0, 0.05) is 25.3 Å². The second-order valence-electron chi connectivity index (χ2n) is 3.47. The van der Waals surface area contributed by atoms with Gasteiger partial charge in [-0.15, -0.1) is 0 Å². The first-order valence-electron chi connectivity index (χ1n) is 4.87. The molecule has 0 aromatic carbocycles. The van der Waals surface area contributed by atoms with Gasteiger partial charge in [0.1, 0.15) is 5.78 Å². The highest BCUT2D eigenvalue weighted by atomic mass is 16.1. The van der Waals surface area contributed by atoms with Crippen LogP contribution in [0.25, 0.3) is 0 Å². The first kappa shape index (κ1) is 12.1. The summed E-state index contributed by atoms with van der Waals surface area (Å²) >= 11 is 0. The van der Waals surface area contributed by atoms with Gasteiger partial charge in [0.05, 0.1) is 0 Å². The minimum absolute atomic E-state index is 0.0407. The zero-order valence-corrected chi connectivity index (χ0v) is 8.72. The highest BCUT2D eigenvalue weighted by Gasteiger charge is 2.04. The topological polar surface area (TPSA) is 46.2 Å². The van der Waals surface area contributed by atoms with E-state index in [0.29, 0.717) is 25.7 Å². The molecule has 0 aromatic rings. The van der Waals surface area contributed by atoms with Crippen molar-refractivity contribution in [2.45, 2.75) is 52.5 Å². The molecule has 0 aliphatic carbocycles. The fourth-order valence-electron chi connectivity index (χ4n) is 1.02. The monoisotopic (exact) mass is 185 g/mol. The van der Waals surface area contributed by atoms with Gasteiger partial charge in [-0.25, -0.2) is 0 Å². The van der Waals surface area contributed by atoms with Gasteiger partial charge in [0.25, 0.3) is 0 Å². The number of hydrogen-bond acceptors (Lipinski definition) is 2. The van der Waals surface area contributed by atoms with Crippen LogP contribution < -0.4 is 5.32 Å². The largest absolute Gasteiger partial charge is 0.354 e. The average Bonchev–Trinajstić information content (AvgIpc) is 2.02. The van der Waals surface area contributed by atoms with Gasteiger partial charge in [0.15, 0.2) is 0 Å². The van der Waals surface area contributed by atoms with Crippen LogP contribution >= 0.6 is 0 Å². The molecule has 0 atom stereocenters. The van der Waals surface area contributed by atoms with Gasteiger partial charge in [-0.05, 0) is 20.3 Å². The molecule has 0 aliphatic heterocycles. The van der Waals surface area contributed by atoms with E-state index in [4.69, 9.17) is 0 Å². The molecule has 0 unspecified atom stereocenters. The summed E-state index contributed by atoms with van der Waals surface area (Å²) in [6.07, 6.45) is 2.24. The third kappa shape index (κ3) is 7.50. The third-order valence-electron chi connectivity index (χ3n) is 1.70. The van der Waals surface area contributed by atoms with Crippen LogP contribution in [0.5, 0.6) is 0 Å². The predicted molar refractivity (Wildman–Crippen MR) is 52.4 cm³/mol. The van der Waals surface area contributed by atoms with Gasteiger partial charge in [0.2, 0.25) is 5.91 Å². The van der Waals surface area contributed by atoms with Gasteiger partial charge < -0.3 is 5.32 Å². The van der Waals surface area contributed by atoms with Gasteiger partial charge >= 0.3 is 0 Å². The number of carbonyl (C=O) groups is 2. The fraction of sp³-hybridized carbons (Fsp3) is 0.800. The van der Waals surface area contributed by atoms with Crippen molar-refractivity contribution < 1.29 is 9.59 Å². The predicted octanol–water partition coefficient (Wildman–Crippen LogP) is 1.66. The summed E-state index contributed by atoms with van der Waals surface area (Å²) < 4.78 is 0. The summed E-state index contributed by atoms with van der Waals surface area (Å²) in [5.74, 6) is 0.274. The highest BCUT2D eigenvalue weighted by molar-refractivity contribution is 5.80. The van der Waals surface area contributed by atoms with E-state index in [-0.39, 0.29) is 17.7 Å². The van der Waals surface area contributed by atoms with E-state index in [1.807, 2.05) is 20.8 Å². The van der Waals surface area contributed by atoms with Crippen molar-refractivity contribution in [1.82, 2.24) is 5.32 Å². The molecule has 1 amide bonds. The van der Waals surface area contributed by atoms with E-state index in [2.05, 4.69) is 5.32 Å². The quantitative estimate of drug-likeness (QED) is 0.684. The molecule has 0 rings (SSSR count). The smallest absolute Gasteiger partial charge is 0.220 e. The van der Waals surface area contributed by atoms with E-state index in [1.54, 1.807) is 0 Å². The number of rotatable bonds is 6. The Morgan fingerprint density at radius 2 is 1.85 bits per heavy atom. The van der Waals surface area contributed by atoms with Crippen LogP contribution in [0.3, 0.4) is 0 Å². The van der Waals surface area contributed by atoms with Gasteiger partial charge in [-0.1, -0.05) is 6.92 Å². The Bertz CT molecular complexity index is 176. The Morgan fingerprint density at radius 3 is 2.31 bits per heavy atom. The van der Waals surface area contributed by atoms with Crippen molar-refractivity contribution in [2.24, 2.45) is 0 Å². The lowest BCUT2D eigenvalue weighted by Gasteiger charge is -2.07. The molecule has 0 saturated carbocycles. The van der Waals surface area contributed by atoms with Gasteiger partial charge in [-0.2, -0.15) is 0 Å². The SMILES string of the molecule is CCC(=O)CCCC(=O)NC(C)C.